The first-order valence-corrected chi connectivity index (χ1v) is 8.10. The molecule has 0 atom stereocenters. The summed E-state index contributed by atoms with van der Waals surface area (Å²) in [5.41, 5.74) is 8.17. The molecule has 0 spiro atoms. The number of hydrogen-bond acceptors (Lipinski definition) is 4. The number of amidine groups is 1. The number of carbonyl (C=O) groups excluding carboxylic acids is 2. The lowest BCUT2D eigenvalue weighted by atomic mass is 10.1. The third-order valence-corrected chi connectivity index (χ3v) is 4.43. The van der Waals surface area contributed by atoms with E-state index >= 15 is 0 Å². The van der Waals surface area contributed by atoms with Gasteiger partial charge >= 0.3 is 0 Å². The van der Waals surface area contributed by atoms with E-state index < -0.39 is 5.91 Å². The van der Waals surface area contributed by atoms with Crippen LogP contribution in [0.2, 0.25) is 0 Å². The number of amides is 2. The number of nitrogens with zero attached hydrogens (tertiary/aromatic N) is 1. The minimum Gasteiger partial charge on any atom is -0.366 e. The van der Waals surface area contributed by atoms with E-state index in [0.29, 0.717) is 21.3 Å². The highest BCUT2D eigenvalue weighted by atomic mass is 32.2. The van der Waals surface area contributed by atoms with Gasteiger partial charge in [-0.2, -0.15) is 0 Å². The van der Waals surface area contributed by atoms with Crippen LogP contribution in [0, 0.1) is 6.92 Å². The molecule has 0 aliphatic carbocycles. The second-order valence-corrected chi connectivity index (χ2v) is 6.25. The van der Waals surface area contributed by atoms with Crippen LogP contribution < -0.4 is 11.1 Å². The summed E-state index contributed by atoms with van der Waals surface area (Å²) in [7, 11) is 0. The summed E-state index contributed by atoms with van der Waals surface area (Å²) < 4.78 is 0. The fourth-order valence-electron chi connectivity index (χ4n) is 2.26. The summed E-state index contributed by atoms with van der Waals surface area (Å²) in [5, 5.41) is 3.14. The molecule has 5 nitrogen and oxygen atoms in total. The monoisotopic (exact) mass is 337 g/mol. The molecule has 120 valence electrons. The lowest BCUT2D eigenvalue weighted by Gasteiger charge is -2.01. The summed E-state index contributed by atoms with van der Waals surface area (Å²) in [6.45, 7) is 1.99. The van der Waals surface area contributed by atoms with Gasteiger partial charge in [0.25, 0.3) is 11.8 Å². The van der Waals surface area contributed by atoms with Crippen LogP contribution in [0.15, 0.2) is 58.4 Å². The minimum absolute atomic E-state index is 0.210. The van der Waals surface area contributed by atoms with Crippen LogP contribution in [0.25, 0.3) is 6.08 Å². The van der Waals surface area contributed by atoms with Gasteiger partial charge in [0.05, 0.1) is 16.2 Å². The Bertz CT molecular complexity index is 887. The van der Waals surface area contributed by atoms with Crippen molar-refractivity contribution in [2.45, 2.75) is 6.92 Å². The zero-order chi connectivity index (χ0) is 17.1. The minimum atomic E-state index is -0.556. The van der Waals surface area contributed by atoms with Gasteiger partial charge in [-0.05, 0) is 48.0 Å². The lowest BCUT2D eigenvalue weighted by molar-refractivity contribution is -0.115. The topological polar surface area (TPSA) is 84.5 Å². The summed E-state index contributed by atoms with van der Waals surface area (Å²) in [4.78, 5) is 28.5. The zero-order valence-electron chi connectivity index (χ0n) is 12.9. The summed E-state index contributed by atoms with van der Waals surface area (Å²) in [5.74, 6) is -0.765. The number of aryl methyl sites for hydroxylation is 1. The fourth-order valence-corrected chi connectivity index (χ4v) is 3.09. The number of nitrogens with one attached hydrogen (secondary N) is 1. The van der Waals surface area contributed by atoms with E-state index in [2.05, 4.69) is 10.3 Å². The molecule has 1 aliphatic rings. The van der Waals surface area contributed by atoms with Crippen LogP contribution in [-0.2, 0) is 4.79 Å². The van der Waals surface area contributed by atoms with Gasteiger partial charge in [-0.15, -0.1) is 0 Å². The summed E-state index contributed by atoms with van der Waals surface area (Å²) in [6.07, 6.45) is 1.83. The van der Waals surface area contributed by atoms with Crippen LogP contribution in [-0.4, -0.2) is 17.0 Å². The lowest BCUT2D eigenvalue weighted by Crippen LogP contribution is -2.19. The summed E-state index contributed by atoms with van der Waals surface area (Å²) in [6, 6.07) is 14.6. The first kappa shape index (κ1) is 16.0. The van der Waals surface area contributed by atoms with E-state index in [1.54, 1.807) is 24.3 Å². The number of para-hydroxylation sites is 1. The Balaban J connectivity index is 1.91. The Morgan fingerprint density at radius 2 is 1.88 bits per heavy atom. The molecule has 1 fully saturated rings. The first-order chi connectivity index (χ1) is 11.5. The first-order valence-electron chi connectivity index (χ1n) is 7.28. The summed E-state index contributed by atoms with van der Waals surface area (Å²) >= 11 is 1.24. The van der Waals surface area contributed by atoms with Crippen LogP contribution in [0.3, 0.4) is 0 Å². The molecule has 3 rings (SSSR count). The van der Waals surface area contributed by atoms with Crippen molar-refractivity contribution >= 4 is 40.5 Å². The normalized spacial score (nSPS) is 17.3. The van der Waals surface area contributed by atoms with Crippen LogP contribution in [0.5, 0.6) is 0 Å². The SMILES string of the molecule is Cc1ccccc1/C=C1\SC(=Nc2ccccc2C(N)=O)NC1=O. The van der Waals surface area contributed by atoms with Crippen molar-refractivity contribution in [2.24, 2.45) is 10.7 Å². The maximum absolute atomic E-state index is 12.1. The van der Waals surface area contributed by atoms with E-state index in [4.69, 9.17) is 5.73 Å². The second-order valence-electron chi connectivity index (χ2n) is 5.22. The van der Waals surface area contributed by atoms with E-state index in [0.717, 1.165) is 11.1 Å². The van der Waals surface area contributed by atoms with Crippen molar-refractivity contribution in [3.05, 3.63) is 70.1 Å². The van der Waals surface area contributed by atoms with Gasteiger partial charge < -0.3 is 11.1 Å². The quantitative estimate of drug-likeness (QED) is 0.845. The van der Waals surface area contributed by atoms with Gasteiger partial charge in [0.15, 0.2) is 5.17 Å². The third-order valence-electron chi connectivity index (χ3n) is 3.52. The number of rotatable bonds is 3. The highest BCUT2D eigenvalue weighted by Gasteiger charge is 2.24. The van der Waals surface area contributed by atoms with E-state index in [1.807, 2.05) is 37.3 Å². The Morgan fingerprint density at radius 1 is 1.17 bits per heavy atom. The predicted octanol–water partition coefficient (Wildman–Crippen LogP) is 2.99. The molecule has 0 unspecified atom stereocenters. The number of hydrogen-bond donors (Lipinski definition) is 2. The number of nitrogens with two attached hydrogens (primary N) is 1. The van der Waals surface area contributed by atoms with Crippen molar-refractivity contribution in [3.8, 4) is 0 Å². The molecule has 6 heteroatoms. The van der Waals surface area contributed by atoms with Crippen molar-refractivity contribution in [3.63, 3.8) is 0 Å². The van der Waals surface area contributed by atoms with Gasteiger partial charge in [0, 0.05) is 0 Å². The molecule has 24 heavy (non-hydrogen) atoms. The number of primary amides is 1. The average Bonchev–Trinajstić information content (AvgIpc) is 2.89. The molecule has 1 heterocycles. The van der Waals surface area contributed by atoms with Gasteiger partial charge in [-0.25, -0.2) is 4.99 Å². The average molecular weight is 337 g/mol. The van der Waals surface area contributed by atoms with Crippen LogP contribution >= 0.6 is 11.8 Å². The Hall–Kier alpha value is -2.86. The maximum Gasteiger partial charge on any atom is 0.264 e. The zero-order valence-corrected chi connectivity index (χ0v) is 13.8. The van der Waals surface area contributed by atoms with Crippen molar-refractivity contribution in [1.82, 2.24) is 5.32 Å². The van der Waals surface area contributed by atoms with Crippen LogP contribution in [0.1, 0.15) is 21.5 Å². The van der Waals surface area contributed by atoms with Gasteiger partial charge in [-0.3, -0.25) is 9.59 Å². The molecule has 1 aliphatic heterocycles. The Morgan fingerprint density at radius 3 is 2.62 bits per heavy atom. The highest BCUT2D eigenvalue weighted by molar-refractivity contribution is 8.18. The molecule has 3 N–H and O–H groups in total. The molecule has 2 aromatic carbocycles. The standard InChI is InChI=1S/C18H15N3O2S/c1-11-6-2-3-7-12(11)10-15-17(23)21-18(24-15)20-14-9-5-4-8-13(14)16(19)22/h2-10H,1H3,(H2,19,22)(H,20,21,23)/b15-10-. The van der Waals surface area contributed by atoms with E-state index in [9.17, 15) is 9.59 Å². The van der Waals surface area contributed by atoms with Crippen molar-refractivity contribution in [2.75, 3.05) is 0 Å². The van der Waals surface area contributed by atoms with Gasteiger partial charge in [0.1, 0.15) is 0 Å². The molecule has 0 radical (unpaired) electrons. The van der Waals surface area contributed by atoms with Crippen molar-refractivity contribution < 1.29 is 9.59 Å². The van der Waals surface area contributed by atoms with Crippen LogP contribution in [0.4, 0.5) is 5.69 Å². The Labute approximate surface area is 143 Å². The maximum atomic E-state index is 12.1. The Kier molecular flexibility index (Phi) is 4.48. The second kappa shape index (κ2) is 6.72. The van der Waals surface area contributed by atoms with E-state index in [-0.39, 0.29) is 5.91 Å². The molecule has 0 saturated carbocycles. The molecule has 0 aromatic heterocycles. The van der Waals surface area contributed by atoms with E-state index in [1.165, 1.54) is 11.8 Å². The smallest absolute Gasteiger partial charge is 0.264 e. The van der Waals surface area contributed by atoms with Gasteiger partial charge in [0.2, 0.25) is 0 Å². The highest BCUT2D eigenvalue weighted by Crippen LogP contribution is 2.29. The number of aliphatic imine (C=N–C) groups is 1. The molecule has 0 bridgehead atoms. The van der Waals surface area contributed by atoms with Crippen molar-refractivity contribution in [1.29, 1.82) is 0 Å². The molecular formula is C18H15N3O2S. The molecule has 2 amide bonds. The van der Waals surface area contributed by atoms with Gasteiger partial charge in [-0.1, -0.05) is 36.4 Å². The fraction of sp³-hybridized carbons (Fsp3) is 0.0556. The molecule has 1 saturated heterocycles. The number of thioether (sulfide) groups is 1. The number of carbonyl (C=O) groups is 2. The largest absolute Gasteiger partial charge is 0.366 e. The number of benzene rings is 2. The predicted molar refractivity (Wildman–Crippen MR) is 96.9 cm³/mol. The third kappa shape index (κ3) is 3.38. The molecular weight excluding hydrogens is 322 g/mol. The molecule has 2 aromatic rings.